The average Bonchev–Trinajstić information content (AvgIpc) is 3.40. The molecule has 15 heteroatoms. The highest BCUT2D eigenvalue weighted by Gasteiger charge is 2.26. The van der Waals surface area contributed by atoms with Crippen molar-refractivity contribution in [1.82, 2.24) is 25.8 Å². The molecule has 2 heterocycles. The molecule has 3 aromatic carbocycles. The number of carbonyl (C=O) groups is 5. The molecule has 14 nitrogen and oxygen atoms in total. The van der Waals surface area contributed by atoms with Crippen LogP contribution < -0.4 is 32.7 Å². The Bertz CT molecular complexity index is 1980. The van der Waals surface area contributed by atoms with Crippen LogP contribution in [-0.2, 0) is 33.9 Å². The number of hydrogen-bond donors (Lipinski definition) is 7. The van der Waals surface area contributed by atoms with Gasteiger partial charge in [-0.25, -0.2) is 14.0 Å². The highest BCUT2D eigenvalue weighted by Crippen LogP contribution is 2.35. The number of amides is 6. The van der Waals surface area contributed by atoms with Crippen LogP contribution >= 0.6 is 0 Å². The fraction of sp³-hybridized carbons (Fsp3) is 0.342. The molecule has 0 fully saturated rings. The molecule has 4 aromatic rings. The number of hydrogen-bond acceptors (Lipinski definition) is 7. The van der Waals surface area contributed by atoms with Crippen molar-refractivity contribution >= 4 is 46.4 Å². The summed E-state index contributed by atoms with van der Waals surface area (Å²) in [6.07, 6.45) is 0.697. The summed E-state index contributed by atoms with van der Waals surface area (Å²) in [7, 11) is 1.63. The number of ether oxygens (including phenoxy) is 1. The van der Waals surface area contributed by atoms with Crippen molar-refractivity contribution in [2.45, 2.75) is 58.3 Å². The predicted molar refractivity (Wildman–Crippen MR) is 198 cm³/mol. The molecule has 280 valence electrons. The molecular formula is C38H45FN8O6. The molecule has 1 aliphatic rings. The van der Waals surface area contributed by atoms with Crippen molar-refractivity contribution in [3.05, 3.63) is 88.7 Å². The van der Waals surface area contributed by atoms with Gasteiger partial charge in [-0.2, -0.15) is 0 Å². The molecule has 0 radical (unpaired) electrons. The van der Waals surface area contributed by atoms with Crippen LogP contribution in [0, 0.1) is 11.7 Å². The van der Waals surface area contributed by atoms with Crippen LogP contribution in [0.1, 0.15) is 53.7 Å². The first-order chi connectivity index (χ1) is 25.3. The largest absolute Gasteiger partial charge is 0.445 e. The van der Waals surface area contributed by atoms with Gasteiger partial charge in [-0.1, -0.05) is 50.2 Å². The first kappa shape index (κ1) is 38.3. The first-order valence-electron chi connectivity index (χ1n) is 17.4. The SMILES string of the molecule is CC(C)[C@H](N)C(=O)N[C@@H](CCCNC(N)=O)C(=O)Nc1ccc(COC(=O)N(C)Cc2ccc(-c3[nH]c4cc(F)cc5c4c3CCNC5=O)cc2)cc1. The van der Waals surface area contributed by atoms with Gasteiger partial charge in [0.15, 0.2) is 0 Å². The number of rotatable bonds is 14. The van der Waals surface area contributed by atoms with Gasteiger partial charge in [-0.15, -0.1) is 0 Å². The molecule has 0 saturated carbocycles. The van der Waals surface area contributed by atoms with E-state index in [1.165, 1.54) is 17.0 Å². The zero-order valence-electron chi connectivity index (χ0n) is 29.9. The maximum atomic E-state index is 14.3. The maximum absolute atomic E-state index is 14.3. The van der Waals surface area contributed by atoms with E-state index in [2.05, 4.69) is 26.3 Å². The quantitative estimate of drug-likeness (QED) is 0.0951. The molecule has 5 rings (SSSR count). The number of nitrogens with zero attached hydrogens (tertiary/aromatic N) is 1. The summed E-state index contributed by atoms with van der Waals surface area (Å²) in [5.41, 5.74) is 16.6. The molecule has 0 bridgehead atoms. The summed E-state index contributed by atoms with van der Waals surface area (Å²) < 4.78 is 19.8. The number of nitrogens with one attached hydrogen (secondary N) is 5. The van der Waals surface area contributed by atoms with Gasteiger partial charge in [0.05, 0.1) is 11.6 Å². The van der Waals surface area contributed by atoms with Crippen LogP contribution in [-0.4, -0.2) is 72.0 Å². The Morgan fingerprint density at radius 2 is 1.70 bits per heavy atom. The highest BCUT2D eigenvalue weighted by molar-refractivity contribution is 6.10. The van der Waals surface area contributed by atoms with Crippen molar-refractivity contribution in [1.29, 1.82) is 0 Å². The van der Waals surface area contributed by atoms with Crippen molar-refractivity contribution in [3.63, 3.8) is 0 Å². The zero-order chi connectivity index (χ0) is 38.2. The van der Waals surface area contributed by atoms with Crippen molar-refractivity contribution in [2.24, 2.45) is 17.4 Å². The number of carbonyl (C=O) groups excluding carboxylic acids is 5. The van der Waals surface area contributed by atoms with E-state index in [0.717, 1.165) is 27.8 Å². The molecule has 0 saturated heterocycles. The Hall–Kier alpha value is -5.96. The number of urea groups is 1. The Morgan fingerprint density at radius 3 is 2.38 bits per heavy atom. The molecule has 9 N–H and O–H groups in total. The van der Waals surface area contributed by atoms with Gasteiger partial charge < -0.3 is 47.4 Å². The second-order valence-corrected chi connectivity index (χ2v) is 13.4. The van der Waals surface area contributed by atoms with Crippen LogP contribution in [0.25, 0.3) is 22.2 Å². The van der Waals surface area contributed by atoms with Crippen LogP contribution in [0.3, 0.4) is 0 Å². The maximum Gasteiger partial charge on any atom is 0.410 e. The molecule has 0 unspecified atom stereocenters. The second kappa shape index (κ2) is 17.0. The predicted octanol–water partition coefficient (Wildman–Crippen LogP) is 3.88. The third-order valence-corrected chi connectivity index (χ3v) is 9.05. The monoisotopic (exact) mass is 728 g/mol. The zero-order valence-corrected chi connectivity index (χ0v) is 29.9. The fourth-order valence-electron chi connectivity index (χ4n) is 6.08. The van der Waals surface area contributed by atoms with E-state index in [9.17, 15) is 28.4 Å². The topological polar surface area (TPSA) is 214 Å². The summed E-state index contributed by atoms with van der Waals surface area (Å²) in [4.78, 5) is 66.8. The highest BCUT2D eigenvalue weighted by atomic mass is 19.1. The molecule has 6 amide bonds. The van der Waals surface area contributed by atoms with Crippen LogP contribution in [0.15, 0.2) is 60.7 Å². The first-order valence-corrected chi connectivity index (χ1v) is 17.4. The molecule has 0 spiro atoms. The van der Waals surface area contributed by atoms with Crippen molar-refractivity contribution in [2.75, 3.05) is 25.5 Å². The van der Waals surface area contributed by atoms with E-state index in [1.54, 1.807) is 45.2 Å². The van der Waals surface area contributed by atoms with Crippen LogP contribution in [0.2, 0.25) is 0 Å². The number of benzene rings is 3. The minimum absolute atomic E-state index is 0.00191. The van der Waals surface area contributed by atoms with E-state index in [4.69, 9.17) is 16.2 Å². The van der Waals surface area contributed by atoms with Crippen molar-refractivity contribution in [3.8, 4) is 11.3 Å². The van der Waals surface area contributed by atoms with E-state index < -0.39 is 41.8 Å². The van der Waals surface area contributed by atoms with E-state index in [-0.39, 0.29) is 37.9 Å². The standard InChI is InChI=1S/C38H45FN8O6/c1-21(2)32(40)36(50)46-29(5-4-15-43-37(41)51)35(49)44-26-12-8-23(9-13-26)20-53-38(52)47(3)19-22-6-10-24(11-7-22)33-27-14-16-42-34(48)28-17-25(39)18-30(45-33)31(27)28/h6-13,17-18,21,29,32,45H,4-5,14-16,19-20,40H2,1-3H3,(H,42,48)(H,44,49)(H,46,50)(H3,41,43,51)/t29-,32-/m0/s1. The Kier molecular flexibility index (Phi) is 12.3. The number of aromatic nitrogens is 1. The van der Waals surface area contributed by atoms with Gasteiger partial charge in [-0.3, -0.25) is 14.4 Å². The van der Waals surface area contributed by atoms with E-state index in [1.807, 2.05) is 24.3 Å². The van der Waals surface area contributed by atoms with Gasteiger partial charge in [-0.05, 0) is 71.7 Å². The number of primary amides is 1. The Balaban J connectivity index is 1.14. The van der Waals surface area contributed by atoms with Crippen LogP contribution in [0.4, 0.5) is 19.7 Å². The van der Waals surface area contributed by atoms with Gasteiger partial charge >= 0.3 is 12.1 Å². The van der Waals surface area contributed by atoms with E-state index >= 15 is 0 Å². The molecule has 2 atom stereocenters. The van der Waals surface area contributed by atoms with Gasteiger partial charge in [0.2, 0.25) is 11.8 Å². The molecule has 1 aliphatic heterocycles. The Morgan fingerprint density at radius 1 is 1.00 bits per heavy atom. The Labute approximate surface area is 306 Å². The lowest BCUT2D eigenvalue weighted by Crippen LogP contribution is -2.51. The third-order valence-electron chi connectivity index (χ3n) is 9.05. The third kappa shape index (κ3) is 9.68. The number of aromatic amines is 1. The summed E-state index contributed by atoms with van der Waals surface area (Å²) in [6, 6.07) is 14.7. The number of halogens is 1. The minimum atomic E-state index is -0.899. The van der Waals surface area contributed by atoms with Gasteiger partial charge in [0, 0.05) is 49.0 Å². The summed E-state index contributed by atoms with van der Waals surface area (Å²) >= 11 is 0. The normalized spacial score (nSPS) is 13.4. The lowest BCUT2D eigenvalue weighted by Gasteiger charge is -2.22. The van der Waals surface area contributed by atoms with Crippen molar-refractivity contribution < 1.29 is 33.1 Å². The van der Waals surface area contributed by atoms with E-state index in [0.29, 0.717) is 41.7 Å². The molecular weight excluding hydrogens is 683 g/mol. The number of H-pyrrole nitrogens is 1. The lowest BCUT2D eigenvalue weighted by molar-refractivity contribution is -0.128. The summed E-state index contributed by atoms with van der Waals surface area (Å²) in [6.45, 7) is 4.57. The molecule has 0 aliphatic carbocycles. The minimum Gasteiger partial charge on any atom is -0.445 e. The smallest absolute Gasteiger partial charge is 0.410 e. The summed E-state index contributed by atoms with van der Waals surface area (Å²) in [5.74, 6) is -1.82. The van der Waals surface area contributed by atoms with Gasteiger partial charge in [0.25, 0.3) is 5.91 Å². The number of anilines is 1. The lowest BCUT2D eigenvalue weighted by atomic mass is 9.99. The molecule has 1 aromatic heterocycles. The average molecular weight is 729 g/mol. The van der Waals surface area contributed by atoms with Crippen LogP contribution in [0.5, 0.6) is 0 Å². The molecule has 53 heavy (non-hydrogen) atoms. The summed E-state index contributed by atoms with van der Waals surface area (Å²) in [5, 5.41) is 11.5. The fourth-order valence-corrected chi connectivity index (χ4v) is 6.08. The number of nitrogens with two attached hydrogens (primary N) is 2. The van der Waals surface area contributed by atoms with Gasteiger partial charge in [0.1, 0.15) is 18.5 Å². The second-order valence-electron chi connectivity index (χ2n) is 13.4.